The lowest BCUT2D eigenvalue weighted by Gasteiger charge is -2.32. The molecule has 2 aromatic heterocycles. The number of carbonyl (C=O) groups excluding carboxylic acids is 1. The molecule has 1 saturated heterocycles. The van der Waals surface area contributed by atoms with Crippen molar-refractivity contribution in [3.05, 3.63) is 90.4 Å². The minimum absolute atomic E-state index is 0.300. The summed E-state index contributed by atoms with van der Waals surface area (Å²) in [5.74, 6) is 0.466. The molecule has 0 bridgehead atoms. The minimum atomic E-state index is -0.300. The number of pyridine rings is 1. The zero-order valence-electron chi connectivity index (χ0n) is 21.7. The molecule has 1 aliphatic rings. The van der Waals surface area contributed by atoms with E-state index in [-0.39, 0.29) is 6.03 Å². The Kier molecular flexibility index (Phi) is 7.86. The lowest BCUT2D eigenvalue weighted by atomic mass is 10.1. The van der Waals surface area contributed by atoms with Gasteiger partial charge in [-0.2, -0.15) is 0 Å². The van der Waals surface area contributed by atoms with Gasteiger partial charge in [-0.1, -0.05) is 18.2 Å². The predicted octanol–water partition coefficient (Wildman–Crippen LogP) is 4.98. The summed E-state index contributed by atoms with van der Waals surface area (Å²) in [5.41, 5.74) is 6.10. The average molecular weight is 509 g/mol. The molecule has 5 rings (SSSR count). The van der Waals surface area contributed by atoms with Crippen molar-refractivity contribution in [1.29, 1.82) is 0 Å². The van der Waals surface area contributed by atoms with Gasteiger partial charge in [0.25, 0.3) is 0 Å². The number of piperazine rings is 1. The average Bonchev–Trinajstić information content (AvgIpc) is 2.93. The number of anilines is 4. The molecule has 2 amide bonds. The zero-order chi connectivity index (χ0) is 26.3. The van der Waals surface area contributed by atoms with E-state index < -0.39 is 0 Å². The van der Waals surface area contributed by atoms with E-state index in [0.29, 0.717) is 11.6 Å². The molecule has 0 atom stereocenters. The number of hydrogen-bond donors (Lipinski definition) is 3. The molecular formula is C29H32N8O. The van der Waals surface area contributed by atoms with E-state index in [4.69, 9.17) is 0 Å². The first-order valence-electron chi connectivity index (χ1n) is 12.7. The topological polar surface area (TPSA) is 98.3 Å². The van der Waals surface area contributed by atoms with E-state index in [9.17, 15) is 4.79 Å². The molecule has 0 aliphatic carbocycles. The third-order valence-corrected chi connectivity index (χ3v) is 6.54. The SMILES string of the molecule is Cc1ccc(NC(=O)Nc2cccc(CN3CCN(C)CC3)c2)cc1Nc1nccc(-c2cccnc2)n1. The van der Waals surface area contributed by atoms with Gasteiger partial charge in [-0.15, -0.1) is 0 Å². The van der Waals surface area contributed by atoms with Crippen LogP contribution in [-0.4, -0.2) is 64.0 Å². The van der Waals surface area contributed by atoms with Crippen molar-refractivity contribution >= 4 is 29.0 Å². The Balaban J connectivity index is 1.22. The second kappa shape index (κ2) is 11.8. The van der Waals surface area contributed by atoms with Gasteiger partial charge in [0, 0.05) is 73.9 Å². The van der Waals surface area contributed by atoms with Crippen molar-refractivity contribution in [1.82, 2.24) is 24.8 Å². The Morgan fingerprint density at radius 3 is 2.53 bits per heavy atom. The van der Waals surface area contributed by atoms with Crippen LogP contribution in [0.5, 0.6) is 0 Å². The Hall–Kier alpha value is -4.34. The molecule has 0 radical (unpaired) electrons. The molecule has 1 aliphatic heterocycles. The number of benzene rings is 2. The molecule has 1 fully saturated rings. The fraction of sp³-hybridized carbons (Fsp3) is 0.241. The van der Waals surface area contributed by atoms with Crippen LogP contribution in [0.1, 0.15) is 11.1 Å². The van der Waals surface area contributed by atoms with Crippen LogP contribution >= 0.6 is 0 Å². The van der Waals surface area contributed by atoms with Gasteiger partial charge in [-0.25, -0.2) is 14.8 Å². The molecule has 194 valence electrons. The van der Waals surface area contributed by atoms with Crippen LogP contribution in [0.3, 0.4) is 0 Å². The molecule has 2 aromatic carbocycles. The molecule has 3 heterocycles. The first-order valence-corrected chi connectivity index (χ1v) is 12.7. The van der Waals surface area contributed by atoms with Gasteiger partial charge >= 0.3 is 6.03 Å². The smallest absolute Gasteiger partial charge is 0.323 e. The second-order valence-electron chi connectivity index (χ2n) is 9.52. The number of aryl methyl sites for hydroxylation is 1. The summed E-state index contributed by atoms with van der Waals surface area (Å²) in [7, 11) is 2.16. The number of hydrogen-bond acceptors (Lipinski definition) is 7. The molecule has 0 spiro atoms. The summed E-state index contributed by atoms with van der Waals surface area (Å²) >= 11 is 0. The predicted molar refractivity (Wildman–Crippen MR) is 152 cm³/mol. The van der Waals surface area contributed by atoms with Crippen molar-refractivity contribution in [3.63, 3.8) is 0 Å². The monoisotopic (exact) mass is 508 g/mol. The maximum Gasteiger partial charge on any atom is 0.323 e. The maximum atomic E-state index is 12.8. The third-order valence-electron chi connectivity index (χ3n) is 6.54. The summed E-state index contributed by atoms with van der Waals surface area (Å²) in [5, 5.41) is 9.16. The van der Waals surface area contributed by atoms with Crippen molar-refractivity contribution in [2.75, 3.05) is 49.2 Å². The minimum Gasteiger partial charge on any atom is -0.324 e. The van der Waals surface area contributed by atoms with E-state index in [2.05, 4.69) is 53.8 Å². The largest absolute Gasteiger partial charge is 0.324 e. The first kappa shape index (κ1) is 25.3. The summed E-state index contributed by atoms with van der Waals surface area (Å²) < 4.78 is 0. The van der Waals surface area contributed by atoms with Crippen molar-refractivity contribution in [2.24, 2.45) is 0 Å². The normalized spacial score (nSPS) is 14.2. The lowest BCUT2D eigenvalue weighted by molar-refractivity contribution is 0.148. The summed E-state index contributed by atoms with van der Waals surface area (Å²) in [6, 6.07) is 19.1. The number of likely N-dealkylation sites (N-methyl/N-ethyl adjacent to an activating group) is 1. The number of carbonyl (C=O) groups is 1. The van der Waals surface area contributed by atoms with Gasteiger partial charge in [0.1, 0.15) is 0 Å². The third kappa shape index (κ3) is 6.70. The van der Waals surface area contributed by atoms with Crippen molar-refractivity contribution < 1.29 is 4.79 Å². The molecular weight excluding hydrogens is 476 g/mol. The quantitative estimate of drug-likeness (QED) is 0.324. The molecule has 4 aromatic rings. The lowest BCUT2D eigenvalue weighted by Crippen LogP contribution is -2.43. The van der Waals surface area contributed by atoms with Gasteiger partial charge < -0.3 is 20.9 Å². The van der Waals surface area contributed by atoms with Crippen molar-refractivity contribution in [3.8, 4) is 11.3 Å². The van der Waals surface area contributed by atoms with E-state index in [1.165, 1.54) is 5.56 Å². The second-order valence-corrected chi connectivity index (χ2v) is 9.52. The van der Waals surface area contributed by atoms with Crippen LogP contribution < -0.4 is 16.0 Å². The van der Waals surface area contributed by atoms with Crippen LogP contribution in [0.15, 0.2) is 79.3 Å². The molecule has 0 saturated carbocycles. The van der Waals surface area contributed by atoms with Gasteiger partial charge in [0.15, 0.2) is 0 Å². The fourth-order valence-electron chi connectivity index (χ4n) is 4.35. The van der Waals surface area contributed by atoms with Gasteiger partial charge in [-0.3, -0.25) is 9.88 Å². The van der Waals surface area contributed by atoms with E-state index in [1.54, 1.807) is 18.6 Å². The van der Waals surface area contributed by atoms with Crippen LogP contribution in [0.4, 0.5) is 27.8 Å². The summed E-state index contributed by atoms with van der Waals surface area (Å²) in [4.78, 5) is 30.7. The number of rotatable bonds is 7. The molecule has 3 N–H and O–H groups in total. The Morgan fingerprint density at radius 1 is 0.921 bits per heavy atom. The Labute approximate surface area is 223 Å². The number of amides is 2. The van der Waals surface area contributed by atoms with Crippen LogP contribution in [0.2, 0.25) is 0 Å². The van der Waals surface area contributed by atoms with E-state index in [1.807, 2.05) is 61.5 Å². The first-order chi connectivity index (χ1) is 18.5. The summed E-state index contributed by atoms with van der Waals surface area (Å²) in [6.45, 7) is 7.13. The molecule has 38 heavy (non-hydrogen) atoms. The zero-order valence-corrected chi connectivity index (χ0v) is 21.7. The van der Waals surface area contributed by atoms with Gasteiger partial charge in [0.05, 0.1) is 5.69 Å². The maximum absolute atomic E-state index is 12.8. The highest BCUT2D eigenvalue weighted by atomic mass is 16.2. The van der Waals surface area contributed by atoms with Gasteiger partial charge in [0.2, 0.25) is 5.95 Å². The standard InChI is InChI=1S/C29H32N8O/c1-21-8-9-25(18-27(21)35-28-31-12-10-26(34-28)23-6-4-11-30-19-23)33-29(38)32-24-7-3-5-22(17-24)20-37-15-13-36(2)14-16-37/h3-12,17-19H,13-16,20H2,1-2H3,(H,31,34,35)(H2,32,33,38). The Morgan fingerprint density at radius 2 is 1.74 bits per heavy atom. The number of nitrogens with zero attached hydrogens (tertiary/aromatic N) is 5. The molecule has 9 heteroatoms. The highest BCUT2D eigenvalue weighted by molar-refractivity contribution is 6.00. The highest BCUT2D eigenvalue weighted by Gasteiger charge is 2.14. The molecule has 0 unspecified atom stereocenters. The highest BCUT2D eigenvalue weighted by Crippen LogP contribution is 2.24. The van der Waals surface area contributed by atoms with E-state index >= 15 is 0 Å². The van der Waals surface area contributed by atoms with Gasteiger partial charge in [-0.05, 0) is 67.6 Å². The molecule has 9 nitrogen and oxygen atoms in total. The van der Waals surface area contributed by atoms with Crippen LogP contribution in [0, 0.1) is 6.92 Å². The number of urea groups is 1. The Bertz CT molecular complexity index is 1390. The van der Waals surface area contributed by atoms with Crippen LogP contribution in [0.25, 0.3) is 11.3 Å². The van der Waals surface area contributed by atoms with Crippen molar-refractivity contribution in [2.45, 2.75) is 13.5 Å². The van der Waals surface area contributed by atoms with Crippen LogP contribution in [-0.2, 0) is 6.54 Å². The van der Waals surface area contributed by atoms with E-state index in [0.717, 1.165) is 60.9 Å². The summed E-state index contributed by atoms with van der Waals surface area (Å²) in [6.07, 6.45) is 5.20. The number of nitrogens with one attached hydrogen (secondary N) is 3. The fourth-order valence-corrected chi connectivity index (χ4v) is 4.35. The number of aromatic nitrogens is 3.